The number of aromatic nitrogens is 6. The molecule has 1 N–H and O–H groups in total. The number of H-pyrrole nitrogens is 1. The molecule has 0 radical (unpaired) electrons. The van der Waals surface area contributed by atoms with Gasteiger partial charge in [0.1, 0.15) is 12.2 Å². The Balaban J connectivity index is 1.50. The van der Waals surface area contributed by atoms with Gasteiger partial charge in [0.15, 0.2) is 0 Å². The first-order chi connectivity index (χ1) is 12.3. The molecule has 128 valence electrons. The molecular formula is C17H19N7O. The van der Waals surface area contributed by atoms with E-state index in [1.54, 1.807) is 12.4 Å². The molecule has 0 spiro atoms. The van der Waals surface area contributed by atoms with E-state index in [1.165, 1.54) is 11.9 Å². The van der Waals surface area contributed by atoms with Crippen molar-refractivity contribution in [1.82, 2.24) is 34.6 Å². The first kappa shape index (κ1) is 15.5. The maximum absolute atomic E-state index is 12.5. The van der Waals surface area contributed by atoms with Gasteiger partial charge in [-0.25, -0.2) is 9.97 Å². The van der Waals surface area contributed by atoms with Crippen LogP contribution in [0.1, 0.15) is 40.8 Å². The van der Waals surface area contributed by atoms with Crippen LogP contribution in [0.4, 0.5) is 0 Å². The highest BCUT2D eigenvalue weighted by molar-refractivity contribution is 5.90. The standard InChI is InChI=1S/C17H19N7O/c25-17(15-20-12-21-22-15)24-8-1-2-14(11-24)16-19-7-9-23(16)10-13-3-5-18-6-4-13/h3-7,9,12,14H,1-2,8,10-11H2,(H,20,21,22)/t14-/m0/s1. The summed E-state index contributed by atoms with van der Waals surface area (Å²) >= 11 is 0. The lowest BCUT2D eigenvalue weighted by Crippen LogP contribution is -2.40. The lowest BCUT2D eigenvalue weighted by Gasteiger charge is -2.32. The minimum atomic E-state index is -0.102. The van der Waals surface area contributed by atoms with E-state index in [9.17, 15) is 4.79 Å². The number of rotatable bonds is 4. The second kappa shape index (κ2) is 6.84. The molecule has 4 rings (SSSR count). The van der Waals surface area contributed by atoms with E-state index < -0.39 is 0 Å². The third-order valence-electron chi connectivity index (χ3n) is 4.54. The summed E-state index contributed by atoms with van der Waals surface area (Å²) in [4.78, 5) is 26.9. The molecule has 1 aliphatic heterocycles. The van der Waals surface area contributed by atoms with Gasteiger partial charge in [0, 0.05) is 50.3 Å². The summed E-state index contributed by atoms with van der Waals surface area (Å²) in [6, 6.07) is 4.01. The van der Waals surface area contributed by atoms with E-state index in [0.717, 1.165) is 31.8 Å². The van der Waals surface area contributed by atoms with E-state index in [4.69, 9.17) is 0 Å². The molecule has 8 heteroatoms. The third-order valence-corrected chi connectivity index (χ3v) is 4.54. The Hall–Kier alpha value is -3.03. The molecule has 25 heavy (non-hydrogen) atoms. The van der Waals surface area contributed by atoms with Gasteiger partial charge in [0.2, 0.25) is 5.82 Å². The van der Waals surface area contributed by atoms with Gasteiger partial charge in [0.05, 0.1) is 0 Å². The number of amides is 1. The van der Waals surface area contributed by atoms with E-state index in [2.05, 4.69) is 29.7 Å². The molecule has 0 aliphatic carbocycles. The first-order valence-corrected chi connectivity index (χ1v) is 8.36. The van der Waals surface area contributed by atoms with Crippen LogP contribution in [-0.2, 0) is 6.54 Å². The van der Waals surface area contributed by atoms with Crippen molar-refractivity contribution >= 4 is 5.91 Å². The normalized spacial score (nSPS) is 17.6. The summed E-state index contributed by atoms with van der Waals surface area (Å²) in [5.74, 6) is 1.43. The summed E-state index contributed by atoms with van der Waals surface area (Å²) in [5.41, 5.74) is 1.18. The van der Waals surface area contributed by atoms with Crippen LogP contribution in [0.2, 0.25) is 0 Å². The minimum absolute atomic E-state index is 0.102. The molecular weight excluding hydrogens is 318 g/mol. The number of hydrogen-bond donors (Lipinski definition) is 1. The van der Waals surface area contributed by atoms with Gasteiger partial charge in [-0.1, -0.05) is 0 Å². The van der Waals surface area contributed by atoms with Crippen molar-refractivity contribution in [3.05, 3.63) is 60.5 Å². The first-order valence-electron chi connectivity index (χ1n) is 8.36. The van der Waals surface area contributed by atoms with Crippen LogP contribution in [0.15, 0.2) is 43.2 Å². The number of nitrogens with zero attached hydrogens (tertiary/aromatic N) is 6. The van der Waals surface area contributed by atoms with Crippen molar-refractivity contribution in [2.45, 2.75) is 25.3 Å². The zero-order valence-corrected chi connectivity index (χ0v) is 13.7. The second-order valence-electron chi connectivity index (χ2n) is 6.19. The minimum Gasteiger partial charge on any atom is -0.335 e. The predicted octanol–water partition coefficient (Wildman–Crippen LogP) is 1.46. The van der Waals surface area contributed by atoms with Crippen molar-refractivity contribution in [1.29, 1.82) is 0 Å². The highest BCUT2D eigenvalue weighted by Gasteiger charge is 2.29. The molecule has 0 unspecified atom stereocenters. The highest BCUT2D eigenvalue weighted by Crippen LogP contribution is 2.26. The quantitative estimate of drug-likeness (QED) is 0.778. The third kappa shape index (κ3) is 3.28. The Kier molecular flexibility index (Phi) is 4.24. The van der Waals surface area contributed by atoms with Gasteiger partial charge in [-0.3, -0.25) is 14.9 Å². The van der Waals surface area contributed by atoms with E-state index in [0.29, 0.717) is 12.4 Å². The Labute approximate surface area is 144 Å². The lowest BCUT2D eigenvalue weighted by molar-refractivity contribution is 0.0691. The average molecular weight is 337 g/mol. The summed E-state index contributed by atoms with van der Waals surface area (Å²) in [5, 5.41) is 6.41. The van der Waals surface area contributed by atoms with Crippen LogP contribution < -0.4 is 0 Å². The summed E-state index contributed by atoms with van der Waals surface area (Å²) in [6.07, 6.45) is 10.7. The Morgan fingerprint density at radius 3 is 2.92 bits per heavy atom. The lowest BCUT2D eigenvalue weighted by atomic mass is 9.97. The van der Waals surface area contributed by atoms with Gasteiger partial charge in [-0.15, -0.1) is 0 Å². The molecule has 0 saturated carbocycles. The van der Waals surface area contributed by atoms with Crippen molar-refractivity contribution < 1.29 is 4.79 Å². The molecule has 1 saturated heterocycles. The Bertz CT molecular complexity index is 828. The average Bonchev–Trinajstić information content (AvgIpc) is 3.34. The van der Waals surface area contributed by atoms with Crippen LogP contribution >= 0.6 is 0 Å². The van der Waals surface area contributed by atoms with Crippen LogP contribution in [0.5, 0.6) is 0 Å². The fourth-order valence-corrected chi connectivity index (χ4v) is 3.33. The van der Waals surface area contributed by atoms with Crippen LogP contribution in [-0.4, -0.2) is 53.6 Å². The van der Waals surface area contributed by atoms with Gasteiger partial charge >= 0.3 is 0 Å². The number of hydrogen-bond acceptors (Lipinski definition) is 5. The number of imidazole rings is 1. The SMILES string of the molecule is O=C(c1ncn[nH]1)N1CCC[C@H](c2nccn2Cc2ccncc2)C1. The Morgan fingerprint density at radius 2 is 2.12 bits per heavy atom. The fraction of sp³-hybridized carbons (Fsp3) is 0.353. The highest BCUT2D eigenvalue weighted by atomic mass is 16.2. The van der Waals surface area contributed by atoms with Gasteiger partial charge in [-0.2, -0.15) is 5.10 Å². The number of carbonyl (C=O) groups is 1. The van der Waals surface area contributed by atoms with Crippen LogP contribution in [0, 0.1) is 0 Å². The summed E-state index contributed by atoms with van der Waals surface area (Å²) in [6.45, 7) is 2.14. The zero-order chi connectivity index (χ0) is 17.1. The van der Waals surface area contributed by atoms with Gasteiger partial charge in [-0.05, 0) is 30.5 Å². The molecule has 0 aromatic carbocycles. The fourth-order valence-electron chi connectivity index (χ4n) is 3.33. The molecule has 1 aliphatic rings. The van der Waals surface area contributed by atoms with Gasteiger partial charge in [0.25, 0.3) is 5.91 Å². The summed E-state index contributed by atoms with van der Waals surface area (Å²) < 4.78 is 2.16. The van der Waals surface area contributed by atoms with Crippen molar-refractivity contribution in [2.75, 3.05) is 13.1 Å². The van der Waals surface area contributed by atoms with Crippen molar-refractivity contribution in [3.63, 3.8) is 0 Å². The zero-order valence-electron chi connectivity index (χ0n) is 13.7. The van der Waals surface area contributed by atoms with E-state index in [-0.39, 0.29) is 11.8 Å². The number of aromatic amines is 1. The van der Waals surface area contributed by atoms with Crippen molar-refractivity contribution in [3.8, 4) is 0 Å². The topological polar surface area (TPSA) is 92.6 Å². The molecule has 1 amide bonds. The van der Waals surface area contributed by atoms with Crippen LogP contribution in [0.25, 0.3) is 0 Å². The molecule has 1 fully saturated rings. The van der Waals surface area contributed by atoms with Crippen molar-refractivity contribution in [2.24, 2.45) is 0 Å². The van der Waals surface area contributed by atoms with Gasteiger partial charge < -0.3 is 9.47 Å². The molecule has 4 heterocycles. The molecule has 3 aromatic heterocycles. The molecule has 8 nitrogen and oxygen atoms in total. The predicted molar refractivity (Wildman–Crippen MR) is 89.8 cm³/mol. The maximum Gasteiger partial charge on any atom is 0.291 e. The van der Waals surface area contributed by atoms with Crippen LogP contribution in [0.3, 0.4) is 0 Å². The molecule has 0 bridgehead atoms. The number of carbonyl (C=O) groups excluding carboxylic acids is 1. The van der Waals surface area contributed by atoms with E-state index >= 15 is 0 Å². The maximum atomic E-state index is 12.5. The smallest absolute Gasteiger partial charge is 0.291 e. The molecule has 3 aromatic rings. The van der Waals surface area contributed by atoms with E-state index in [1.807, 2.05) is 29.4 Å². The summed E-state index contributed by atoms with van der Waals surface area (Å²) in [7, 11) is 0. The number of likely N-dealkylation sites (tertiary alicyclic amines) is 1. The second-order valence-corrected chi connectivity index (χ2v) is 6.19. The monoisotopic (exact) mass is 337 g/mol. The largest absolute Gasteiger partial charge is 0.335 e. The number of piperidine rings is 1. The number of pyridine rings is 1. The number of nitrogens with one attached hydrogen (secondary N) is 1. The molecule has 1 atom stereocenters. The Morgan fingerprint density at radius 1 is 1.24 bits per heavy atom.